The zero-order chi connectivity index (χ0) is 9.68. The smallest absolute Gasteiger partial charge is 0.205 e. The van der Waals surface area contributed by atoms with Crippen molar-refractivity contribution >= 4 is 5.78 Å². The van der Waals surface area contributed by atoms with Crippen LogP contribution in [0.15, 0.2) is 42.1 Å². The van der Waals surface area contributed by atoms with Gasteiger partial charge >= 0.3 is 0 Å². The Balaban J connectivity index is 3.01. The normalized spacial score (nSPS) is 10.5. The molecule has 13 heavy (non-hydrogen) atoms. The maximum Gasteiger partial charge on any atom is 0.205 e. The number of nitrogens with zero attached hydrogens (tertiary/aromatic N) is 1. The highest BCUT2D eigenvalue weighted by atomic mass is 16.1. The van der Waals surface area contributed by atoms with Gasteiger partial charge in [-0.1, -0.05) is 30.3 Å². The largest absolute Gasteiger partial charge is 0.403 e. The molecule has 0 spiro atoms. The van der Waals surface area contributed by atoms with E-state index < -0.39 is 0 Å². The lowest BCUT2D eigenvalue weighted by Crippen LogP contribution is -2.03. The van der Waals surface area contributed by atoms with Crippen LogP contribution in [0.1, 0.15) is 10.4 Å². The Labute approximate surface area is 76.1 Å². The summed E-state index contributed by atoms with van der Waals surface area (Å²) in [5.74, 6) is -0.342. The van der Waals surface area contributed by atoms with Gasteiger partial charge in [0.15, 0.2) is 0 Å². The second-order valence-electron chi connectivity index (χ2n) is 2.39. The highest BCUT2D eigenvalue weighted by Crippen LogP contribution is 2.05. The van der Waals surface area contributed by atoms with E-state index in [4.69, 9.17) is 11.0 Å². The van der Waals surface area contributed by atoms with Crippen LogP contribution in [-0.2, 0) is 0 Å². The highest BCUT2D eigenvalue weighted by molar-refractivity contribution is 6.11. The molecule has 0 saturated heterocycles. The molecule has 0 unspecified atom stereocenters. The van der Waals surface area contributed by atoms with Gasteiger partial charge in [0.25, 0.3) is 0 Å². The van der Waals surface area contributed by atoms with Crippen molar-refractivity contribution in [3.8, 4) is 6.07 Å². The second kappa shape index (κ2) is 4.07. The third kappa shape index (κ3) is 1.94. The quantitative estimate of drug-likeness (QED) is 0.414. The number of allylic oxidation sites excluding steroid dienone is 1. The van der Waals surface area contributed by atoms with Gasteiger partial charge in [-0.3, -0.25) is 4.79 Å². The predicted octanol–water partition coefficient (Wildman–Crippen LogP) is 1.24. The zero-order valence-corrected chi connectivity index (χ0v) is 6.90. The van der Waals surface area contributed by atoms with Crippen LogP contribution in [0.25, 0.3) is 0 Å². The molecular weight excluding hydrogens is 164 g/mol. The first-order valence-corrected chi connectivity index (χ1v) is 3.71. The van der Waals surface area contributed by atoms with Gasteiger partial charge in [-0.25, -0.2) is 0 Å². The third-order valence-electron chi connectivity index (χ3n) is 1.57. The number of rotatable bonds is 2. The van der Waals surface area contributed by atoms with Crippen molar-refractivity contribution in [1.29, 1.82) is 5.26 Å². The topological polar surface area (TPSA) is 66.9 Å². The summed E-state index contributed by atoms with van der Waals surface area (Å²) >= 11 is 0. The average Bonchev–Trinajstić information content (AvgIpc) is 2.21. The Morgan fingerprint density at radius 3 is 2.46 bits per heavy atom. The Kier molecular flexibility index (Phi) is 2.82. The van der Waals surface area contributed by atoms with Crippen LogP contribution in [0.4, 0.5) is 0 Å². The molecule has 0 aliphatic rings. The number of nitriles is 1. The molecule has 0 amide bonds. The van der Waals surface area contributed by atoms with Crippen LogP contribution < -0.4 is 5.73 Å². The molecule has 0 aromatic heterocycles. The summed E-state index contributed by atoms with van der Waals surface area (Å²) in [6.07, 6.45) is 1.02. The molecule has 0 heterocycles. The molecule has 64 valence electrons. The van der Waals surface area contributed by atoms with E-state index in [0.717, 1.165) is 6.20 Å². The van der Waals surface area contributed by atoms with Gasteiger partial charge in [0, 0.05) is 11.8 Å². The molecule has 0 atom stereocenters. The Morgan fingerprint density at radius 1 is 1.38 bits per heavy atom. The molecule has 0 bridgehead atoms. The van der Waals surface area contributed by atoms with Gasteiger partial charge in [0.05, 0.1) is 0 Å². The van der Waals surface area contributed by atoms with Gasteiger partial charge < -0.3 is 5.73 Å². The number of Topliss-reactive ketones (excluding diaryl/α,β-unsaturated/α-hetero) is 1. The van der Waals surface area contributed by atoms with Crippen LogP contribution in [0, 0.1) is 11.3 Å². The summed E-state index contributed by atoms with van der Waals surface area (Å²) in [6, 6.07) is 10.3. The number of carbonyl (C=O) groups excluding carboxylic acids is 1. The summed E-state index contributed by atoms with van der Waals surface area (Å²) in [5.41, 5.74) is 5.55. The molecular formula is C10H8N2O. The molecule has 0 radical (unpaired) electrons. The first kappa shape index (κ1) is 9.01. The van der Waals surface area contributed by atoms with Crippen molar-refractivity contribution in [2.75, 3.05) is 0 Å². The average molecular weight is 172 g/mol. The fourth-order valence-corrected chi connectivity index (χ4v) is 0.909. The van der Waals surface area contributed by atoms with Crippen LogP contribution in [0.5, 0.6) is 0 Å². The summed E-state index contributed by atoms with van der Waals surface area (Å²) in [5, 5.41) is 8.54. The van der Waals surface area contributed by atoms with E-state index in [1.165, 1.54) is 0 Å². The molecule has 3 nitrogen and oxygen atoms in total. The first-order valence-electron chi connectivity index (χ1n) is 3.71. The first-order chi connectivity index (χ1) is 6.29. The number of hydrogen-bond acceptors (Lipinski definition) is 3. The van der Waals surface area contributed by atoms with Gasteiger partial charge in [-0.2, -0.15) is 5.26 Å². The Hall–Kier alpha value is -2.08. The molecule has 2 N–H and O–H groups in total. The van der Waals surface area contributed by atoms with E-state index in [-0.39, 0.29) is 11.4 Å². The van der Waals surface area contributed by atoms with E-state index in [1.54, 1.807) is 36.4 Å². The Bertz CT molecular complexity index is 374. The van der Waals surface area contributed by atoms with Crippen molar-refractivity contribution in [2.24, 2.45) is 5.73 Å². The van der Waals surface area contributed by atoms with Crippen molar-refractivity contribution in [2.45, 2.75) is 0 Å². The van der Waals surface area contributed by atoms with Crippen molar-refractivity contribution in [3.05, 3.63) is 47.7 Å². The maximum atomic E-state index is 11.4. The lowest BCUT2D eigenvalue weighted by molar-refractivity contribution is 0.103. The number of benzene rings is 1. The maximum absolute atomic E-state index is 11.4. The highest BCUT2D eigenvalue weighted by Gasteiger charge is 2.09. The van der Waals surface area contributed by atoms with Crippen molar-refractivity contribution in [1.82, 2.24) is 0 Å². The molecule has 0 aliphatic carbocycles. The molecule has 0 saturated carbocycles. The fraction of sp³-hybridized carbons (Fsp3) is 0. The van der Waals surface area contributed by atoms with E-state index in [9.17, 15) is 4.79 Å². The lowest BCUT2D eigenvalue weighted by atomic mass is 10.1. The zero-order valence-electron chi connectivity index (χ0n) is 6.90. The monoisotopic (exact) mass is 172 g/mol. The number of hydrogen-bond donors (Lipinski definition) is 1. The summed E-state index contributed by atoms with van der Waals surface area (Å²) in [4.78, 5) is 11.4. The van der Waals surface area contributed by atoms with Crippen LogP contribution >= 0.6 is 0 Å². The van der Waals surface area contributed by atoms with E-state index in [0.29, 0.717) is 5.56 Å². The van der Waals surface area contributed by atoms with Crippen molar-refractivity contribution in [3.63, 3.8) is 0 Å². The van der Waals surface area contributed by atoms with Gasteiger partial charge in [0.2, 0.25) is 5.78 Å². The fourth-order valence-electron chi connectivity index (χ4n) is 0.909. The van der Waals surface area contributed by atoms with Gasteiger partial charge in [-0.15, -0.1) is 0 Å². The minimum atomic E-state index is -0.342. The third-order valence-corrected chi connectivity index (χ3v) is 1.57. The minimum absolute atomic E-state index is 0.0359. The molecule has 1 rings (SSSR count). The summed E-state index contributed by atoms with van der Waals surface area (Å²) in [6.45, 7) is 0. The second-order valence-corrected chi connectivity index (χ2v) is 2.39. The number of ketones is 1. The molecule has 1 aromatic rings. The van der Waals surface area contributed by atoms with Gasteiger partial charge in [-0.05, 0) is 0 Å². The lowest BCUT2D eigenvalue weighted by Gasteiger charge is -1.96. The van der Waals surface area contributed by atoms with Crippen molar-refractivity contribution < 1.29 is 4.79 Å². The van der Waals surface area contributed by atoms with Crippen LogP contribution in [0.2, 0.25) is 0 Å². The number of carbonyl (C=O) groups is 1. The van der Waals surface area contributed by atoms with Crippen LogP contribution in [-0.4, -0.2) is 5.78 Å². The summed E-state index contributed by atoms with van der Waals surface area (Å²) in [7, 11) is 0. The predicted molar refractivity (Wildman–Crippen MR) is 48.7 cm³/mol. The molecule has 0 aliphatic heterocycles. The Morgan fingerprint density at radius 2 is 2.00 bits per heavy atom. The molecule has 1 aromatic carbocycles. The molecule has 0 fully saturated rings. The summed E-state index contributed by atoms with van der Waals surface area (Å²) < 4.78 is 0. The molecule has 3 heteroatoms. The number of nitrogens with two attached hydrogens (primary N) is 1. The SMILES string of the molecule is N#CC(=CN)C(=O)c1ccccc1. The minimum Gasteiger partial charge on any atom is -0.403 e. The van der Waals surface area contributed by atoms with E-state index in [2.05, 4.69) is 0 Å². The standard InChI is InChI=1S/C10H8N2O/c11-6-9(7-12)10(13)8-4-2-1-3-5-8/h1-6H,11H2. The van der Waals surface area contributed by atoms with E-state index in [1.807, 2.05) is 0 Å². The van der Waals surface area contributed by atoms with Crippen LogP contribution in [0.3, 0.4) is 0 Å². The van der Waals surface area contributed by atoms with E-state index >= 15 is 0 Å². The van der Waals surface area contributed by atoms with Gasteiger partial charge in [0.1, 0.15) is 11.6 Å².